The lowest BCUT2D eigenvalue weighted by Crippen LogP contribution is -2.40. The van der Waals surface area contributed by atoms with Gasteiger partial charge in [-0.05, 0) is 33.6 Å². The zero-order valence-corrected chi connectivity index (χ0v) is 13.0. The molecule has 120 valence electrons. The standard InChI is InChI=1S/C15H20N2O5/c1-14(2,3)22-13(21)17-8-11(16-9-17)15(12(19)20)6-4-10(18)5-7-15/h8-9H,4-7H2,1-3H3,(H,19,20). The molecule has 0 aliphatic heterocycles. The summed E-state index contributed by atoms with van der Waals surface area (Å²) in [5.41, 5.74) is -1.57. The van der Waals surface area contributed by atoms with Crippen LogP contribution in [0.25, 0.3) is 0 Å². The number of aromatic nitrogens is 2. The van der Waals surface area contributed by atoms with Crippen LogP contribution in [0.15, 0.2) is 12.5 Å². The fourth-order valence-corrected chi connectivity index (χ4v) is 2.52. The van der Waals surface area contributed by atoms with Crippen molar-refractivity contribution < 1.29 is 24.2 Å². The Morgan fingerprint density at radius 1 is 1.32 bits per heavy atom. The second-order valence-electron chi connectivity index (χ2n) is 6.57. The number of hydrogen-bond donors (Lipinski definition) is 1. The number of carbonyl (C=O) groups is 3. The lowest BCUT2D eigenvalue weighted by Gasteiger charge is -2.30. The Bertz CT molecular complexity index is 602. The molecular formula is C15H20N2O5. The number of imidazole rings is 1. The molecule has 0 radical (unpaired) electrons. The minimum absolute atomic E-state index is 0.0587. The van der Waals surface area contributed by atoms with Crippen LogP contribution >= 0.6 is 0 Å². The number of nitrogens with zero attached hydrogens (tertiary/aromatic N) is 2. The molecule has 7 heteroatoms. The van der Waals surface area contributed by atoms with Crippen LogP contribution < -0.4 is 0 Å². The Labute approximate surface area is 128 Å². The SMILES string of the molecule is CC(C)(C)OC(=O)n1cnc(C2(C(=O)O)CCC(=O)CC2)c1. The predicted octanol–water partition coefficient (Wildman–Crippen LogP) is 2.13. The summed E-state index contributed by atoms with van der Waals surface area (Å²) in [5, 5.41) is 9.59. The van der Waals surface area contributed by atoms with E-state index in [1.807, 2.05) is 0 Å². The molecule has 0 amide bonds. The van der Waals surface area contributed by atoms with E-state index in [2.05, 4.69) is 4.98 Å². The number of Topliss-reactive ketones (excluding diaryl/α,β-unsaturated/α-hetero) is 1. The van der Waals surface area contributed by atoms with E-state index in [4.69, 9.17) is 4.74 Å². The van der Waals surface area contributed by atoms with Gasteiger partial charge in [0.2, 0.25) is 0 Å². The average molecular weight is 308 g/mol. The highest BCUT2D eigenvalue weighted by Gasteiger charge is 2.45. The molecule has 7 nitrogen and oxygen atoms in total. The summed E-state index contributed by atoms with van der Waals surface area (Å²) in [6, 6.07) is 0. The number of carboxylic acids is 1. The van der Waals surface area contributed by atoms with Crippen LogP contribution in [0.5, 0.6) is 0 Å². The highest BCUT2D eigenvalue weighted by Crippen LogP contribution is 2.37. The van der Waals surface area contributed by atoms with Crippen LogP contribution in [0.1, 0.15) is 52.1 Å². The molecule has 0 unspecified atom stereocenters. The quantitative estimate of drug-likeness (QED) is 0.898. The molecule has 1 aliphatic rings. The molecule has 0 bridgehead atoms. The first-order valence-corrected chi connectivity index (χ1v) is 7.17. The van der Waals surface area contributed by atoms with Gasteiger partial charge in [-0.1, -0.05) is 0 Å². The minimum atomic E-state index is -1.21. The van der Waals surface area contributed by atoms with Crippen molar-refractivity contribution in [1.29, 1.82) is 0 Å². The zero-order valence-electron chi connectivity index (χ0n) is 13.0. The Morgan fingerprint density at radius 2 is 1.91 bits per heavy atom. The summed E-state index contributed by atoms with van der Waals surface area (Å²) in [4.78, 5) is 39.2. The topological polar surface area (TPSA) is 98.5 Å². The molecule has 0 aromatic carbocycles. The first-order chi connectivity index (χ1) is 10.1. The largest absolute Gasteiger partial charge is 0.481 e. The Hall–Kier alpha value is -2.18. The number of hydrogen-bond acceptors (Lipinski definition) is 5. The Morgan fingerprint density at radius 3 is 2.41 bits per heavy atom. The van der Waals surface area contributed by atoms with Crippen LogP contribution in [0.3, 0.4) is 0 Å². The van der Waals surface area contributed by atoms with Gasteiger partial charge in [-0.25, -0.2) is 14.3 Å². The third-order valence-corrected chi connectivity index (χ3v) is 3.75. The molecule has 1 saturated carbocycles. The van der Waals surface area contributed by atoms with Gasteiger partial charge in [0.25, 0.3) is 0 Å². The van der Waals surface area contributed by atoms with E-state index in [0.29, 0.717) is 5.69 Å². The molecule has 0 spiro atoms. The second kappa shape index (κ2) is 5.55. The van der Waals surface area contributed by atoms with Crippen LogP contribution in [0.4, 0.5) is 4.79 Å². The summed E-state index contributed by atoms with van der Waals surface area (Å²) in [7, 11) is 0. The second-order valence-corrected chi connectivity index (χ2v) is 6.57. The summed E-state index contributed by atoms with van der Waals surface area (Å²) in [5.74, 6) is -0.960. The summed E-state index contributed by atoms with van der Waals surface area (Å²) in [6.07, 6.45) is 2.86. The Balaban J connectivity index is 2.27. The van der Waals surface area contributed by atoms with Gasteiger partial charge in [0.15, 0.2) is 0 Å². The molecule has 1 aromatic rings. The molecular weight excluding hydrogens is 288 g/mol. The van der Waals surface area contributed by atoms with Crippen molar-refractivity contribution in [1.82, 2.24) is 9.55 Å². The first kappa shape index (κ1) is 16.2. The van der Waals surface area contributed by atoms with Crippen molar-refractivity contribution >= 4 is 17.8 Å². The maximum absolute atomic E-state index is 12.0. The van der Waals surface area contributed by atoms with Crippen LogP contribution in [-0.2, 0) is 19.7 Å². The molecule has 22 heavy (non-hydrogen) atoms. The zero-order chi connectivity index (χ0) is 16.5. The molecule has 1 fully saturated rings. The van der Waals surface area contributed by atoms with Gasteiger partial charge in [-0.2, -0.15) is 0 Å². The van der Waals surface area contributed by atoms with E-state index in [1.54, 1.807) is 20.8 Å². The Kier molecular flexibility index (Phi) is 4.08. The third-order valence-electron chi connectivity index (χ3n) is 3.75. The molecule has 0 atom stereocenters. The summed E-state index contributed by atoms with van der Waals surface area (Å²) < 4.78 is 6.36. The van der Waals surface area contributed by atoms with Crippen LogP contribution in [-0.4, -0.2) is 38.1 Å². The lowest BCUT2D eigenvalue weighted by atomic mass is 9.71. The molecule has 1 heterocycles. The monoisotopic (exact) mass is 308 g/mol. The van der Waals surface area contributed by atoms with E-state index < -0.39 is 23.1 Å². The third kappa shape index (κ3) is 3.18. The number of ether oxygens (including phenoxy) is 1. The van der Waals surface area contributed by atoms with Gasteiger partial charge in [0, 0.05) is 19.0 Å². The van der Waals surface area contributed by atoms with Gasteiger partial charge in [-0.15, -0.1) is 0 Å². The van der Waals surface area contributed by atoms with Gasteiger partial charge in [-0.3, -0.25) is 9.59 Å². The summed E-state index contributed by atoms with van der Waals surface area (Å²) in [6.45, 7) is 5.23. The van der Waals surface area contributed by atoms with E-state index >= 15 is 0 Å². The minimum Gasteiger partial charge on any atom is -0.481 e. The van der Waals surface area contributed by atoms with Crippen molar-refractivity contribution in [2.45, 2.75) is 57.5 Å². The molecule has 1 aromatic heterocycles. The van der Waals surface area contributed by atoms with Gasteiger partial charge < -0.3 is 9.84 Å². The van der Waals surface area contributed by atoms with Gasteiger partial charge in [0.05, 0.1) is 5.69 Å². The predicted molar refractivity (Wildman–Crippen MR) is 76.6 cm³/mol. The summed E-state index contributed by atoms with van der Waals surface area (Å²) >= 11 is 0. The fourth-order valence-electron chi connectivity index (χ4n) is 2.52. The van der Waals surface area contributed by atoms with E-state index in [9.17, 15) is 19.5 Å². The van der Waals surface area contributed by atoms with Gasteiger partial charge in [0.1, 0.15) is 23.1 Å². The molecule has 2 rings (SSSR count). The van der Waals surface area contributed by atoms with Crippen molar-refractivity contribution in [2.24, 2.45) is 0 Å². The van der Waals surface area contributed by atoms with E-state index in [0.717, 1.165) is 4.57 Å². The van der Waals surface area contributed by atoms with E-state index in [1.165, 1.54) is 12.5 Å². The maximum Gasteiger partial charge on any atom is 0.419 e. The number of ketones is 1. The molecule has 1 N–H and O–H groups in total. The number of carboxylic acid groups (broad SMARTS) is 1. The van der Waals surface area contributed by atoms with Crippen molar-refractivity contribution in [3.63, 3.8) is 0 Å². The van der Waals surface area contributed by atoms with Crippen molar-refractivity contribution in [2.75, 3.05) is 0 Å². The lowest BCUT2D eigenvalue weighted by molar-refractivity contribution is -0.146. The maximum atomic E-state index is 12.0. The fraction of sp³-hybridized carbons (Fsp3) is 0.600. The average Bonchev–Trinajstić information content (AvgIpc) is 2.87. The number of aliphatic carboxylic acids is 1. The van der Waals surface area contributed by atoms with Crippen LogP contribution in [0.2, 0.25) is 0 Å². The highest BCUT2D eigenvalue weighted by molar-refractivity contribution is 5.87. The van der Waals surface area contributed by atoms with E-state index in [-0.39, 0.29) is 31.5 Å². The van der Waals surface area contributed by atoms with Crippen molar-refractivity contribution in [3.05, 3.63) is 18.2 Å². The first-order valence-electron chi connectivity index (χ1n) is 7.17. The molecule has 1 aliphatic carbocycles. The van der Waals surface area contributed by atoms with Crippen molar-refractivity contribution in [3.8, 4) is 0 Å². The van der Waals surface area contributed by atoms with Gasteiger partial charge >= 0.3 is 12.1 Å². The normalized spacial score (nSPS) is 18.0. The number of rotatable bonds is 2. The highest BCUT2D eigenvalue weighted by atomic mass is 16.6. The smallest absolute Gasteiger partial charge is 0.419 e. The van der Waals surface area contributed by atoms with Crippen LogP contribution in [0, 0.1) is 0 Å². The molecule has 0 saturated heterocycles. The number of carbonyl (C=O) groups excluding carboxylic acids is 2.